The van der Waals surface area contributed by atoms with Crippen LogP contribution < -0.4 is 0 Å². The molecular weight excluding hydrogens is 581 g/mol. The van der Waals surface area contributed by atoms with E-state index in [0.29, 0.717) is 0 Å². The van der Waals surface area contributed by atoms with E-state index in [9.17, 15) is 0 Å². The third kappa shape index (κ3) is 19.8. The maximum Gasteiger partial charge on any atom is 0.0522 e. The van der Waals surface area contributed by atoms with Crippen LogP contribution in [0.3, 0.4) is 0 Å². The van der Waals surface area contributed by atoms with Gasteiger partial charge in [-0.3, -0.25) is 9.98 Å². The van der Waals surface area contributed by atoms with Gasteiger partial charge in [-0.15, -0.1) is 6.58 Å². The van der Waals surface area contributed by atoms with Gasteiger partial charge in [-0.1, -0.05) is 119 Å². The van der Waals surface area contributed by atoms with E-state index in [-0.39, 0.29) is 5.41 Å². The molecule has 2 heteroatoms. The SMILES string of the molecule is C=C(C)C.C=CN=C(Cc1cccc(C)c1)c1cc(CC)c(C)cc1C.CC.CN=C(C=C(C)C)C(C)(C)C.Cc1ccc(C)c(C)c1. The van der Waals surface area contributed by atoms with Gasteiger partial charge < -0.3 is 0 Å². The highest BCUT2D eigenvalue weighted by Crippen LogP contribution is 2.20. The summed E-state index contributed by atoms with van der Waals surface area (Å²) in [5, 5.41) is 0. The lowest BCUT2D eigenvalue weighted by molar-refractivity contribution is 0.593. The second kappa shape index (κ2) is 24.4. The monoisotopic (exact) mass is 651 g/mol. The number of hydrogen-bond acceptors (Lipinski definition) is 2. The van der Waals surface area contributed by atoms with Gasteiger partial charge in [0.25, 0.3) is 0 Å². The van der Waals surface area contributed by atoms with Gasteiger partial charge in [-0.2, -0.15) is 0 Å². The van der Waals surface area contributed by atoms with Gasteiger partial charge in [0.1, 0.15) is 0 Å². The quantitative estimate of drug-likeness (QED) is 0.187. The summed E-state index contributed by atoms with van der Waals surface area (Å²) < 4.78 is 0. The van der Waals surface area contributed by atoms with Crippen molar-refractivity contribution in [1.29, 1.82) is 0 Å². The summed E-state index contributed by atoms with van der Waals surface area (Å²) in [4.78, 5) is 8.81. The smallest absolute Gasteiger partial charge is 0.0522 e. The number of hydrogen-bond donors (Lipinski definition) is 0. The molecule has 0 saturated heterocycles. The van der Waals surface area contributed by atoms with Crippen LogP contribution in [0.25, 0.3) is 0 Å². The Hall–Kier alpha value is -3.78. The number of aliphatic imine (C=N–C) groups is 2. The van der Waals surface area contributed by atoms with Gasteiger partial charge in [-0.05, 0) is 127 Å². The first-order valence-electron chi connectivity index (χ1n) is 17.5. The Bertz CT molecular complexity index is 1500. The molecule has 0 amide bonds. The summed E-state index contributed by atoms with van der Waals surface area (Å²) in [5.41, 5.74) is 16.8. The van der Waals surface area contributed by atoms with Crippen molar-refractivity contribution in [2.45, 2.75) is 124 Å². The van der Waals surface area contributed by atoms with E-state index < -0.39 is 0 Å². The maximum atomic E-state index is 4.57. The van der Waals surface area contributed by atoms with Crippen LogP contribution in [0.5, 0.6) is 0 Å². The summed E-state index contributed by atoms with van der Waals surface area (Å²) in [5.74, 6) is 0. The molecule has 48 heavy (non-hydrogen) atoms. The van der Waals surface area contributed by atoms with Crippen molar-refractivity contribution in [3.63, 3.8) is 0 Å². The summed E-state index contributed by atoms with van der Waals surface area (Å²) in [6, 6.07) is 19.7. The minimum Gasteiger partial charge on any atom is -0.293 e. The molecule has 0 radical (unpaired) electrons. The largest absolute Gasteiger partial charge is 0.293 e. The molecule has 3 aromatic carbocycles. The van der Waals surface area contributed by atoms with Crippen molar-refractivity contribution in [2.24, 2.45) is 15.4 Å². The molecular formula is C46H70N2. The van der Waals surface area contributed by atoms with Gasteiger partial charge in [-0.25, -0.2) is 0 Å². The molecule has 0 N–H and O–H groups in total. The molecule has 3 rings (SSSR count). The lowest BCUT2D eigenvalue weighted by Crippen LogP contribution is -2.18. The molecule has 3 aromatic rings. The normalized spacial score (nSPS) is 10.8. The van der Waals surface area contributed by atoms with Gasteiger partial charge in [0, 0.05) is 30.8 Å². The number of allylic oxidation sites excluding steroid dienone is 3. The van der Waals surface area contributed by atoms with Crippen LogP contribution in [-0.2, 0) is 12.8 Å². The van der Waals surface area contributed by atoms with Gasteiger partial charge in [0.15, 0.2) is 0 Å². The average Bonchev–Trinajstić information content (AvgIpc) is 2.99. The predicted octanol–water partition coefficient (Wildman–Crippen LogP) is 13.6. The minimum absolute atomic E-state index is 0.173. The summed E-state index contributed by atoms with van der Waals surface area (Å²) in [6.45, 7) is 41.1. The highest BCUT2D eigenvalue weighted by Gasteiger charge is 2.15. The Kier molecular flexibility index (Phi) is 23.5. The molecule has 0 aliphatic carbocycles. The molecule has 2 nitrogen and oxygen atoms in total. The topological polar surface area (TPSA) is 24.7 Å². The fourth-order valence-electron chi connectivity index (χ4n) is 4.71. The zero-order chi connectivity index (χ0) is 37.6. The van der Waals surface area contributed by atoms with E-state index in [1.54, 1.807) is 6.20 Å². The molecule has 0 heterocycles. The molecule has 0 unspecified atom stereocenters. The van der Waals surface area contributed by atoms with E-state index in [1.165, 1.54) is 61.2 Å². The van der Waals surface area contributed by atoms with Crippen molar-refractivity contribution in [3.05, 3.63) is 141 Å². The second-order valence-electron chi connectivity index (χ2n) is 13.7. The zero-order valence-corrected chi connectivity index (χ0v) is 34.1. The predicted molar refractivity (Wildman–Crippen MR) is 222 cm³/mol. The van der Waals surface area contributed by atoms with Gasteiger partial charge in [0.2, 0.25) is 0 Å². The lowest BCUT2D eigenvalue weighted by Gasteiger charge is -2.18. The Labute approximate surface area is 298 Å². The highest BCUT2D eigenvalue weighted by atomic mass is 14.7. The minimum atomic E-state index is 0.173. The van der Waals surface area contributed by atoms with Crippen LogP contribution in [0.4, 0.5) is 0 Å². The van der Waals surface area contributed by atoms with Crippen LogP contribution in [-0.4, -0.2) is 18.5 Å². The average molecular weight is 651 g/mol. The molecule has 0 atom stereocenters. The Morgan fingerprint density at radius 1 is 0.750 bits per heavy atom. The first-order chi connectivity index (χ1) is 22.4. The van der Waals surface area contributed by atoms with Gasteiger partial charge in [0.05, 0.1) is 5.71 Å². The molecule has 0 bridgehead atoms. The summed E-state index contributed by atoms with van der Waals surface area (Å²) in [7, 11) is 1.85. The fraction of sp³-hybridized carbons (Fsp3) is 0.435. The molecule has 0 aromatic heterocycles. The van der Waals surface area contributed by atoms with E-state index in [2.05, 4.69) is 167 Å². The van der Waals surface area contributed by atoms with Crippen molar-refractivity contribution in [1.82, 2.24) is 0 Å². The van der Waals surface area contributed by atoms with Crippen LogP contribution in [0, 0.1) is 47.0 Å². The van der Waals surface area contributed by atoms with E-state index >= 15 is 0 Å². The fourth-order valence-corrected chi connectivity index (χ4v) is 4.71. The molecule has 0 fully saturated rings. The first-order valence-corrected chi connectivity index (χ1v) is 17.5. The molecule has 0 saturated carbocycles. The number of aryl methyl sites for hydroxylation is 7. The first kappa shape index (κ1) is 46.3. The van der Waals surface area contributed by atoms with Crippen LogP contribution >= 0.6 is 0 Å². The second-order valence-corrected chi connectivity index (χ2v) is 13.7. The lowest BCUT2D eigenvalue weighted by atomic mass is 9.89. The Balaban J connectivity index is 0. The van der Waals surface area contributed by atoms with Crippen molar-refractivity contribution in [3.8, 4) is 0 Å². The van der Waals surface area contributed by atoms with E-state index in [1.807, 2.05) is 34.7 Å². The van der Waals surface area contributed by atoms with Crippen LogP contribution in [0.2, 0.25) is 0 Å². The zero-order valence-electron chi connectivity index (χ0n) is 34.1. The molecule has 0 spiro atoms. The Morgan fingerprint density at radius 2 is 1.31 bits per heavy atom. The third-order valence-corrected chi connectivity index (χ3v) is 7.17. The van der Waals surface area contributed by atoms with Crippen molar-refractivity contribution in [2.75, 3.05) is 7.05 Å². The van der Waals surface area contributed by atoms with Crippen LogP contribution in [0.1, 0.15) is 119 Å². The summed E-state index contributed by atoms with van der Waals surface area (Å²) in [6.07, 6.45) is 5.67. The third-order valence-electron chi connectivity index (χ3n) is 7.17. The number of benzene rings is 3. The van der Waals surface area contributed by atoms with E-state index in [0.717, 1.165) is 24.3 Å². The van der Waals surface area contributed by atoms with Crippen molar-refractivity contribution < 1.29 is 0 Å². The maximum absolute atomic E-state index is 4.57. The summed E-state index contributed by atoms with van der Waals surface area (Å²) >= 11 is 0. The van der Waals surface area contributed by atoms with Crippen molar-refractivity contribution >= 4 is 11.4 Å². The Morgan fingerprint density at radius 3 is 1.71 bits per heavy atom. The van der Waals surface area contributed by atoms with Gasteiger partial charge >= 0.3 is 0 Å². The number of rotatable bonds is 6. The highest BCUT2D eigenvalue weighted by molar-refractivity contribution is 6.03. The van der Waals surface area contributed by atoms with E-state index in [4.69, 9.17) is 0 Å². The standard InChI is InChI=1S/C21H25N.C10H19N.C9H12.C4H8.C2H6/c1-6-19-14-20(17(5)12-16(19)4)21(22-7-2)13-18-10-8-9-15(3)11-18;1-8(2)7-9(11-6)10(3,4)5;1-7-4-5-8(2)9(3)6-7;1-4(2)3;1-2/h7-12,14H,2,6,13H2,1,3-5H3;7H,1-6H3;4-6H,1-3H3;1H2,2-3H3;1-2H3. The number of nitrogens with zero attached hydrogens (tertiary/aromatic N) is 2. The van der Waals surface area contributed by atoms with Crippen LogP contribution in [0.15, 0.2) is 101 Å². The molecule has 0 aliphatic rings. The molecule has 0 aliphatic heterocycles. The molecule has 264 valence electrons.